The van der Waals surface area contributed by atoms with Crippen LogP contribution in [0.4, 0.5) is 22.0 Å². The Bertz CT molecular complexity index is 2440. The zero-order chi connectivity index (χ0) is 43.3. The molecule has 0 aliphatic carbocycles. The smallest absolute Gasteiger partial charge is 0.200 e. The van der Waals surface area contributed by atoms with E-state index in [1.807, 2.05) is 0 Å². The molecule has 0 saturated carbocycles. The summed E-state index contributed by atoms with van der Waals surface area (Å²) >= 11 is 0. The van der Waals surface area contributed by atoms with Crippen molar-refractivity contribution < 1.29 is 64.4 Å². The molecule has 0 amide bonds. The molecule has 6 aromatic rings. The van der Waals surface area contributed by atoms with Gasteiger partial charge in [0, 0.05) is 30.2 Å². The molecule has 0 N–H and O–H groups in total. The van der Waals surface area contributed by atoms with Crippen LogP contribution < -0.4 is 29.0 Å². The highest BCUT2D eigenvalue weighted by Crippen LogP contribution is 2.57. The van der Waals surface area contributed by atoms with Gasteiger partial charge in [0.05, 0.1) is 49.4 Å². The summed E-state index contributed by atoms with van der Waals surface area (Å²) in [5.41, 5.74) is -1.68. The van der Waals surface area contributed by atoms with Gasteiger partial charge in [-0.3, -0.25) is 4.57 Å². The lowest BCUT2D eigenvalue weighted by molar-refractivity contribution is -0.146. The van der Waals surface area contributed by atoms with E-state index in [0.29, 0.717) is 11.5 Å². The second-order valence-corrected chi connectivity index (χ2v) is 14.3. The minimum absolute atomic E-state index is 0.0381. The van der Waals surface area contributed by atoms with Crippen LogP contribution in [0.3, 0.4) is 0 Å². The fourth-order valence-corrected chi connectivity index (χ4v) is 7.89. The molecule has 1 fully saturated rings. The number of hydrogen-bond acceptors (Lipinski definition) is 9. The lowest BCUT2D eigenvalue weighted by Crippen LogP contribution is -2.27. The molecule has 1 saturated heterocycles. The van der Waals surface area contributed by atoms with Gasteiger partial charge in [0.1, 0.15) is 40.2 Å². The molecule has 6 aromatic carbocycles. The molecular weight excluding hydrogens is 822 g/mol. The Morgan fingerprint density at radius 1 is 0.574 bits per heavy atom. The second-order valence-electron chi connectivity index (χ2n) is 13.7. The zero-order valence-electron chi connectivity index (χ0n) is 33.3. The van der Waals surface area contributed by atoms with Gasteiger partial charge in [0.25, 0.3) is 0 Å². The predicted molar refractivity (Wildman–Crippen MR) is 217 cm³/mol. The fraction of sp³-hybridized carbons (Fsp3) is 0.217. The Hall–Kier alpha value is -6.05. The van der Waals surface area contributed by atoms with Crippen molar-refractivity contribution in [3.63, 3.8) is 0 Å². The Labute approximate surface area is 349 Å². The van der Waals surface area contributed by atoms with E-state index in [1.54, 1.807) is 104 Å². The monoisotopic (exact) mass is 860 g/mol. The minimum Gasteiger partial charge on any atom is -0.496 e. The normalized spacial score (nSPS) is 13.3. The van der Waals surface area contributed by atoms with E-state index in [9.17, 15) is 8.96 Å². The molecule has 0 spiro atoms. The summed E-state index contributed by atoms with van der Waals surface area (Å²) in [6, 6.07) is 27.3. The Balaban J connectivity index is 1.76. The van der Waals surface area contributed by atoms with Gasteiger partial charge in [-0.1, -0.05) is 48.5 Å². The topological polar surface area (TPSA) is 90.9 Å². The van der Waals surface area contributed by atoms with E-state index in [2.05, 4.69) is 0 Å². The molecule has 1 aliphatic heterocycles. The number of methoxy groups -OCH3 is 3. The number of para-hydroxylation sites is 2. The average molecular weight is 861 g/mol. The van der Waals surface area contributed by atoms with Crippen LogP contribution in [0.15, 0.2) is 97.1 Å². The van der Waals surface area contributed by atoms with Crippen molar-refractivity contribution in [2.75, 3.05) is 41.3 Å². The summed E-state index contributed by atoms with van der Waals surface area (Å²) in [7, 11) is 3.09. The highest BCUT2D eigenvalue weighted by Gasteiger charge is 2.39. The Kier molecular flexibility index (Phi) is 13.2. The summed E-state index contributed by atoms with van der Waals surface area (Å²) < 4.78 is 140. The highest BCUT2D eigenvalue weighted by atomic mass is 31.1. The lowest BCUT2D eigenvalue weighted by Gasteiger charge is -2.29. The Morgan fingerprint density at radius 3 is 1.52 bits per heavy atom. The molecule has 0 unspecified atom stereocenters. The molecule has 0 atom stereocenters. The van der Waals surface area contributed by atoms with E-state index in [1.165, 1.54) is 21.3 Å². The van der Waals surface area contributed by atoms with Gasteiger partial charge in [-0.25, -0.2) is 22.0 Å². The van der Waals surface area contributed by atoms with Crippen LogP contribution in [-0.4, -0.2) is 47.1 Å². The van der Waals surface area contributed by atoms with Gasteiger partial charge >= 0.3 is 0 Å². The third kappa shape index (κ3) is 8.49. The van der Waals surface area contributed by atoms with Crippen molar-refractivity contribution in [2.45, 2.75) is 25.6 Å². The van der Waals surface area contributed by atoms with Gasteiger partial charge < -0.3 is 37.9 Å². The maximum atomic E-state index is 16.4. The maximum absolute atomic E-state index is 16.4. The first-order chi connectivity index (χ1) is 29.5. The molecule has 0 bridgehead atoms. The minimum atomic E-state index is -2.39. The van der Waals surface area contributed by atoms with Crippen LogP contribution in [-0.2, 0) is 25.2 Å². The average Bonchev–Trinajstić information content (AvgIpc) is 3.73. The number of benzene rings is 6. The molecule has 0 aromatic heterocycles. The second kappa shape index (κ2) is 18.7. The predicted octanol–water partition coefficient (Wildman–Crippen LogP) is 11.6. The zero-order valence-corrected chi connectivity index (χ0v) is 34.2. The number of ether oxygens (including phenoxy) is 8. The summed E-state index contributed by atoms with van der Waals surface area (Å²) in [6.45, 7) is 1.57. The van der Waals surface area contributed by atoms with Gasteiger partial charge in [-0.2, -0.15) is 0 Å². The molecule has 1 aliphatic rings. The van der Waals surface area contributed by atoms with Crippen LogP contribution in [0.25, 0.3) is 33.4 Å². The van der Waals surface area contributed by atoms with E-state index in [0.717, 1.165) is 0 Å². The van der Waals surface area contributed by atoms with Gasteiger partial charge in [-0.05, 0) is 67.4 Å². The van der Waals surface area contributed by atoms with Crippen molar-refractivity contribution >= 4 is 13.8 Å². The van der Waals surface area contributed by atoms with Crippen LogP contribution >= 0.6 is 8.46 Å². The maximum Gasteiger partial charge on any atom is 0.200 e. The first kappa shape index (κ1) is 43.1. The van der Waals surface area contributed by atoms with Crippen molar-refractivity contribution in [1.82, 2.24) is 0 Å². The third-order valence-electron chi connectivity index (χ3n) is 9.99. The fourth-order valence-electron chi connectivity index (χ4n) is 7.25. The molecule has 1 heterocycles. The number of rotatable bonds is 16. The molecule has 316 valence electrons. The molecule has 7 rings (SSSR count). The lowest BCUT2D eigenvalue weighted by atomic mass is 9.82. The van der Waals surface area contributed by atoms with Crippen molar-refractivity contribution in [3.8, 4) is 73.6 Å². The van der Waals surface area contributed by atoms with Gasteiger partial charge in [-0.15, -0.1) is 0 Å². The molecule has 9 nitrogen and oxygen atoms in total. The van der Waals surface area contributed by atoms with E-state index >= 15 is 17.6 Å². The van der Waals surface area contributed by atoms with Crippen LogP contribution in [0.2, 0.25) is 0 Å². The van der Waals surface area contributed by atoms with Crippen molar-refractivity contribution in [2.24, 2.45) is 0 Å². The number of halogens is 5. The van der Waals surface area contributed by atoms with Gasteiger partial charge in [0.15, 0.2) is 44.3 Å². The third-order valence-corrected chi connectivity index (χ3v) is 10.7. The molecule has 0 radical (unpaired) electrons. The highest BCUT2D eigenvalue weighted by molar-refractivity contribution is 7.34. The largest absolute Gasteiger partial charge is 0.496 e. The summed E-state index contributed by atoms with van der Waals surface area (Å²) in [4.78, 5) is 0. The summed E-state index contributed by atoms with van der Waals surface area (Å²) in [5.74, 6) is -11.6. The van der Waals surface area contributed by atoms with Gasteiger partial charge in [0.2, 0.25) is 5.82 Å². The first-order valence-corrected chi connectivity index (χ1v) is 19.6. The Morgan fingerprint density at radius 2 is 1.05 bits per heavy atom. The van der Waals surface area contributed by atoms with E-state index in [-0.39, 0.29) is 76.9 Å². The summed E-state index contributed by atoms with van der Waals surface area (Å²) in [5, 5.41) is -0.399. The van der Waals surface area contributed by atoms with E-state index in [4.69, 9.17) is 37.9 Å². The standard InChI is InChI=1S/C46H38F5O9P/c1-46(57-23-24-58-46)22-21-28-33(35-31(59-26-13-7-5-8-14-26)19-12-20-32(35)60-27-15-9-6-10-16-27)36(34-29(54-3)17-11-18-30(34)55-4)44(56-25-53-2)38(45(28)61-52)37-39(47)41(49)43(51)42(50)40(37)48/h5-20H,21-25H2,1-4H3. The molecular formula is C46H38F5O9P. The molecule has 15 heteroatoms. The van der Waals surface area contributed by atoms with Crippen LogP contribution in [0.5, 0.6) is 40.2 Å². The van der Waals surface area contributed by atoms with E-state index < -0.39 is 72.3 Å². The van der Waals surface area contributed by atoms with Crippen LogP contribution in [0, 0.1) is 29.1 Å². The molecule has 61 heavy (non-hydrogen) atoms. The SMILES string of the molecule is COCOc1c(-c2c(F)c(F)c(F)c(F)c2F)c(P=O)c(CCC2(C)OCCO2)c(-c2c(Oc3ccccc3)cccc2Oc2ccccc2)c1-c1c(OC)cccc1OC. The van der Waals surface area contributed by atoms with Crippen molar-refractivity contribution in [3.05, 3.63) is 132 Å². The quantitative estimate of drug-likeness (QED) is 0.0310. The van der Waals surface area contributed by atoms with Crippen LogP contribution in [0.1, 0.15) is 18.9 Å². The number of hydrogen-bond donors (Lipinski definition) is 0. The van der Waals surface area contributed by atoms with Crippen molar-refractivity contribution in [1.29, 1.82) is 0 Å². The summed E-state index contributed by atoms with van der Waals surface area (Å²) in [6.07, 6.45) is -0.102. The first-order valence-electron chi connectivity index (χ1n) is 18.8.